The van der Waals surface area contributed by atoms with Crippen LogP contribution < -0.4 is 0 Å². The highest BCUT2D eigenvalue weighted by Gasteiger charge is 2.28. The highest BCUT2D eigenvalue weighted by Crippen LogP contribution is 2.30. The molecular formula is C19H16N4O3. The Morgan fingerprint density at radius 1 is 1.19 bits per heavy atom. The van der Waals surface area contributed by atoms with E-state index in [1.165, 1.54) is 0 Å². The lowest BCUT2D eigenvalue weighted by molar-refractivity contribution is 0.0706. The topological polar surface area (TPSA) is 96.2 Å². The van der Waals surface area contributed by atoms with Crippen LogP contribution in [0.1, 0.15) is 40.6 Å². The average molecular weight is 348 g/mol. The van der Waals surface area contributed by atoms with Gasteiger partial charge in [-0.25, -0.2) is 0 Å². The van der Waals surface area contributed by atoms with Gasteiger partial charge in [-0.2, -0.15) is 5.26 Å². The molecule has 0 bridgehead atoms. The molecule has 0 saturated carbocycles. The van der Waals surface area contributed by atoms with Crippen molar-refractivity contribution in [1.29, 1.82) is 5.26 Å². The second kappa shape index (κ2) is 6.84. The number of aromatic nitrogens is 2. The Morgan fingerprint density at radius 3 is 2.77 bits per heavy atom. The van der Waals surface area contributed by atoms with Crippen LogP contribution in [0.2, 0.25) is 0 Å². The van der Waals surface area contributed by atoms with Gasteiger partial charge >= 0.3 is 0 Å². The van der Waals surface area contributed by atoms with Gasteiger partial charge in [0.05, 0.1) is 17.9 Å². The van der Waals surface area contributed by atoms with E-state index in [4.69, 9.17) is 14.1 Å². The zero-order chi connectivity index (χ0) is 17.9. The van der Waals surface area contributed by atoms with E-state index in [2.05, 4.69) is 16.3 Å². The summed E-state index contributed by atoms with van der Waals surface area (Å²) in [6.07, 6.45) is 3.07. The number of piperidine rings is 1. The minimum absolute atomic E-state index is 0.0534. The summed E-state index contributed by atoms with van der Waals surface area (Å²) in [5.41, 5.74) is 1.03. The van der Waals surface area contributed by atoms with Crippen molar-refractivity contribution in [2.75, 3.05) is 13.1 Å². The molecule has 0 unspecified atom stereocenters. The third-order valence-corrected chi connectivity index (χ3v) is 4.54. The molecule has 1 aliphatic heterocycles. The normalized spacial score (nSPS) is 15.0. The van der Waals surface area contributed by atoms with E-state index in [0.29, 0.717) is 41.8 Å². The Hall–Kier alpha value is -3.40. The number of carbonyl (C=O) groups is 1. The summed E-state index contributed by atoms with van der Waals surface area (Å²) >= 11 is 0. The second-order valence-corrected chi connectivity index (χ2v) is 6.18. The highest BCUT2D eigenvalue weighted by molar-refractivity contribution is 5.94. The standard InChI is InChI=1S/C19H16N4O3/c20-12-13-3-1-4-15(11-13)19(24)23-8-6-14(7-9-23)17-21-22-18(26-17)16-5-2-10-25-16/h1-5,10-11,14H,6-9H2. The zero-order valence-electron chi connectivity index (χ0n) is 14.0. The van der Waals surface area contributed by atoms with Gasteiger partial charge in [-0.05, 0) is 43.2 Å². The second-order valence-electron chi connectivity index (χ2n) is 6.18. The molecule has 1 saturated heterocycles. The number of hydrogen-bond acceptors (Lipinski definition) is 6. The van der Waals surface area contributed by atoms with E-state index in [1.807, 2.05) is 0 Å². The van der Waals surface area contributed by atoms with Crippen LogP contribution in [0.25, 0.3) is 11.7 Å². The predicted molar refractivity (Wildman–Crippen MR) is 91.0 cm³/mol. The van der Waals surface area contributed by atoms with Crippen LogP contribution in [0.4, 0.5) is 0 Å². The van der Waals surface area contributed by atoms with Crippen LogP contribution in [-0.4, -0.2) is 34.1 Å². The van der Waals surface area contributed by atoms with Crippen molar-refractivity contribution in [3.63, 3.8) is 0 Å². The molecule has 1 amide bonds. The molecule has 4 rings (SSSR count). The molecule has 0 N–H and O–H groups in total. The smallest absolute Gasteiger partial charge is 0.283 e. The highest BCUT2D eigenvalue weighted by atomic mass is 16.4. The molecule has 0 atom stereocenters. The van der Waals surface area contributed by atoms with Crippen LogP contribution >= 0.6 is 0 Å². The van der Waals surface area contributed by atoms with Gasteiger partial charge in [0.1, 0.15) is 0 Å². The van der Waals surface area contributed by atoms with Crippen LogP contribution in [-0.2, 0) is 0 Å². The largest absolute Gasteiger partial charge is 0.459 e. The first-order valence-electron chi connectivity index (χ1n) is 8.41. The summed E-state index contributed by atoms with van der Waals surface area (Å²) in [5, 5.41) is 17.1. The van der Waals surface area contributed by atoms with Crippen molar-refractivity contribution in [3.8, 4) is 17.7 Å². The Bertz CT molecular complexity index is 947. The SMILES string of the molecule is N#Cc1cccc(C(=O)N2CCC(c3nnc(-c4ccco4)o3)CC2)c1. The van der Waals surface area contributed by atoms with Gasteiger partial charge in [-0.1, -0.05) is 6.07 Å². The van der Waals surface area contributed by atoms with E-state index < -0.39 is 0 Å². The van der Waals surface area contributed by atoms with E-state index in [0.717, 1.165) is 12.8 Å². The quantitative estimate of drug-likeness (QED) is 0.721. The predicted octanol–water partition coefficient (Wildman–Crippen LogP) is 3.22. The summed E-state index contributed by atoms with van der Waals surface area (Å²) in [7, 11) is 0. The number of furan rings is 1. The summed E-state index contributed by atoms with van der Waals surface area (Å²) in [6, 6.07) is 12.4. The van der Waals surface area contributed by atoms with Gasteiger partial charge in [0.15, 0.2) is 5.76 Å². The van der Waals surface area contributed by atoms with Crippen LogP contribution in [0.3, 0.4) is 0 Å². The Kier molecular flexibility index (Phi) is 4.23. The molecule has 0 radical (unpaired) electrons. The fraction of sp³-hybridized carbons (Fsp3) is 0.263. The number of amides is 1. The summed E-state index contributed by atoms with van der Waals surface area (Å²) < 4.78 is 11.0. The lowest BCUT2D eigenvalue weighted by Gasteiger charge is -2.30. The van der Waals surface area contributed by atoms with Crippen molar-refractivity contribution >= 4 is 5.91 Å². The molecule has 1 aliphatic rings. The maximum absolute atomic E-state index is 12.6. The first kappa shape index (κ1) is 16.1. The monoisotopic (exact) mass is 348 g/mol. The minimum Gasteiger partial charge on any atom is -0.459 e. The molecule has 0 aliphatic carbocycles. The number of likely N-dealkylation sites (tertiary alicyclic amines) is 1. The maximum Gasteiger partial charge on any atom is 0.283 e. The van der Waals surface area contributed by atoms with Gasteiger partial charge in [-0.3, -0.25) is 4.79 Å². The van der Waals surface area contributed by atoms with E-state index in [1.54, 1.807) is 47.6 Å². The van der Waals surface area contributed by atoms with Gasteiger partial charge in [0.25, 0.3) is 11.8 Å². The molecule has 3 heterocycles. The Labute approximate surface area is 149 Å². The number of nitrogens with zero attached hydrogens (tertiary/aromatic N) is 4. The lowest BCUT2D eigenvalue weighted by atomic mass is 9.96. The molecule has 0 spiro atoms. The lowest BCUT2D eigenvalue weighted by Crippen LogP contribution is -2.38. The van der Waals surface area contributed by atoms with Crippen LogP contribution in [0, 0.1) is 11.3 Å². The first-order valence-corrected chi connectivity index (χ1v) is 8.41. The molecule has 1 fully saturated rings. The molecular weight excluding hydrogens is 332 g/mol. The van der Waals surface area contributed by atoms with E-state index >= 15 is 0 Å². The molecule has 2 aromatic heterocycles. The number of benzene rings is 1. The van der Waals surface area contributed by atoms with Crippen molar-refractivity contribution in [3.05, 3.63) is 59.7 Å². The van der Waals surface area contributed by atoms with E-state index in [-0.39, 0.29) is 11.8 Å². The van der Waals surface area contributed by atoms with Gasteiger partial charge in [-0.15, -0.1) is 10.2 Å². The number of rotatable bonds is 3. The molecule has 26 heavy (non-hydrogen) atoms. The summed E-state index contributed by atoms with van der Waals surface area (Å²) in [6.45, 7) is 1.22. The molecule has 7 nitrogen and oxygen atoms in total. The number of hydrogen-bond donors (Lipinski definition) is 0. The summed E-state index contributed by atoms with van der Waals surface area (Å²) in [5.74, 6) is 1.57. The van der Waals surface area contributed by atoms with Gasteiger partial charge < -0.3 is 13.7 Å². The van der Waals surface area contributed by atoms with E-state index in [9.17, 15) is 4.79 Å². The average Bonchev–Trinajstić information content (AvgIpc) is 3.39. The molecule has 130 valence electrons. The Morgan fingerprint density at radius 2 is 2.04 bits per heavy atom. The molecule has 3 aromatic rings. The fourth-order valence-electron chi connectivity index (χ4n) is 3.13. The van der Waals surface area contributed by atoms with Crippen molar-refractivity contribution in [2.24, 2.45) is 0 Å². The fourth-order valence-corrected chi connectivity index (χ4v) is 3.13. The number of nitriles is 1. The Balaban J connectivity index is 1.41. The minimum atomic E-state index is -0.0534. The molecule has 7 heteroatoms. The maximum atomic E-state index is 12.6. The van der Waals surface area contributed by atoms with Gasteiger partial charge in [0.2, 0.25) is 5.89 Å². The zero-order valence-corrected chi connectivity index (χ0v) is 14.0. The van der Waals surface area contributed by atoms with Crippen LogP contribution in [0.15, 0.2) is 51.5 Å². The van der Waals surface area contributed by atoms with Crippen LogP contribution in [0.5, 0.6) is 0 Å². The number of carbonyl (C=O) groups excluding carboxylic acids is 1. The first-order chi connectivity index (χ1) is 12.7. The third-order valence-electron chi connectivity index (χ3n) is 4.54. The third kappa shape index (κ3) is 3.09. The molecule has 1 aromatic carbocycles. The van der Waals surface area contributed by atoms with Crippen molar-refractivity contribution in [2.45, 2.75) is 18.8 Å². The van der Waals surface area contributed by atoms with Gasteiger partial charge in [0, 0.05) is 24.6 Å². The summed E-state index contributed by atoms with van der Waals surface area (Å²) in [4.78, 5) is 14.4. The van der Waals surface area contributed by atoms with Crippen molar-refractivity contribution < 1.29 is 13.6 Å². The van der Waals surface area contributed by atoms with Crippen molar-refractivity contribution in [1.82, 2.24) is 15.1 Å².